The van der Waals surface area contributed by atoms with Crippen LogP contribution in [-0.4, -0.2) is 6.54 Å². The van der Waals surface area contributed by atoms with Crippen LogP contribution in [0.3, 0.4) is 0 Å². The van der Waals surface area contributed by atoms with Gasteiger partial charge in [0.15, 0.2) is 0 Å². The van der Waals surface area contributed by atoms with Gasteiger partial charge in [-0.3, -0.25) is 0 Å². The van der Waals surface area contributed by atoms with Crippen molar-refractivity contribution in [1.29, 1.82) is 0 Å². The van der Waals surface area contributed by atoms with Crippen molar-refractivity contribution in [3.63, 3.8) is 0 Å². The highest BCUT2D eigenvalue weighted by molar-refractivity contribution is 6.30. The van der Waals surface area contributed by atoms with Crippen molar-refractivity contribution >= 4 is 11.6 Å². The van der Waals surface area contributed by atoms with Gasteiger partial charge >= 0.3 is 0 Å². The van der Waals surface area contributed by atoms with Crippen LogP contribution in [0.4, 0.5) is 4.39 Å². The van der Waals surface area contributed by atoms with Crippen LogP contribution in [0.25, 0.3) is 0 Å². The predicted molar refractivity (Wildman–Crippen MR) is 84.5 cm³/mol. The first-order valence-corrected chi connectivity index (χ1v) is 7.55. The molecule has 114 valence electrons. The molecule has 1 unspecified atom stereocenters. The number of furan rings is 1. The summed E-state index contributed by atoms with van der Waals surface area (Å²) in [6.07, 6.45) is 0.567. The van der Waals surface area contributed by atoms with E-state index in [-0.39, 0.29) is 11.9 Å². The molecule has 1 aromatic heterocycles. The lowest BCUT2D eigenvalue weighted by molar-refractivity contribution is 0.481. The summed E-state index contributed by atoms with van der Waals surface area (Å²) in [6, 6.07) is 4.87. The zero-order valence-electron chi connectivity index (χ0n) is 12.9. The first-order valence-electron chi connectivity index (χ1n) is 7.17. The highest BCUT2D eigenvalue weighted by atomic mass is 35.5. The SMILES string of the molecule is CCNC(Cc1ccc(Cl)cc1F)c1c(C)oc(C)c1C. The van der Waals surface area contributed by atoms with E-state index in [4.69, 9.17) is 16.0 Å². The van der Waals surface area contributed by atoms with E-state index in [0.717, 1.165) is 29.2 Å². The fourth-order valence-electron chi connectivity index (χ4n) is 2.75. The third-order valence-electron chi connectivity index (χ3n) is 3.86. The molecule has 0 saturated carbocycles. The van der Waals surface area contributed by atoms with Gasteiger partial charge in [-0.05, 0) is 57.0 Å². The van der Waals surface area contributed by atoms with Gasteiger partial charge in [0.1, 0.15) is 17.3 Å². The standard InChI is InChI=1S/C17H21ClFNO/c1-5-20-16(17-10(2)11(3)21-12(17)4)8-13-6-7-14(18)9-15(13)19/h6-7,9,16,20H,5,8H2,1-4H3. The van der Waals surface area contributed by atoms with Crippen molar-refractivity contribution < 1.29 is 8.81 Å². The zero-order valence-corrected chi connectivity index (χ0v) is 13.6. The molecule has 2 rings (SSSR count). The third kappa shape index (κ3) is 3.47. The van der Waals surface area contributed by atoms with Crippen LogP contribution in [0.2, 0.25) is 5.02 Å². The normalized spacial score (nSPS) is 12.7. The molecule has 1 N–H and O–H groups in total. The largest absolute Gasteiger partial charge is 0.466 e. The summed E-state index contributed by atoms with van der Waals surface area (Å²) < 4.78 is 19.7. The maximum Gasteiger partial charge on any atom is 0.127 e. The van der Waals surface area contributed by atoms with Gasteiger partial charge in [-0.25, -0.2) is 4.39 Å². The van der Waals surface area contributed by atoms with E-state index in [9.17, 15) is 4.39 Å². The Kier molecular flexibility index (Phi) is 5.07. The highest BCUT2D eigenvalue weighted by Gasteiger charge is 2.21. The van der Waals surface area contributed by atoms with Crippen LogP contribution < -0.4 is 5.32 Å². The molecule has 1 aromatic carbocycles. The number of nitrogens with one attached hydrogen (secondary N) is 1. The Morgan fingerprint density at radius 1 is 1.24 bits per heavy atom. The predicted octanol–water partition coefficient (Wildman–Crippen LogP) is 4.89. The molecule has 0 bridgehead atoms. The molecule has 0 saturated heterocycles. The lowest BCUT2D eigenvalue weighted by Gasteiger charge is -2.19. The fourth-order valence-corrected chi connectivity index (χ4v) is 2.91. The Bertz CT molecular complexity index is 636. The van der Waals surface area contributed by atoms with Crippen molar-refractivity contribution in [3.05, 3.63) is 57.2 Å². The van der Waals surface area contributed by atoms with Crippen molar-refractivity contribution in [1.82, 2.24) is 5.32 Å². The third-order valence-corrected chi connectivity index (χ3v) is 4.09. The molecule has 0 aliphatic rings. The van der Waals surface area contributed by atoms with Gasteiger partial charge < -0.3 is 9.73 Å². The number of benzene rings is 1. The van der Waals surface area contributed by atoms with Gasteiger partial charge in [-0.15, -0.1) is 0 Å². The first kappa shape index (κ1) is 16.1. The van der Waals surface area contributed by atoms with Crippen molar-refractivity contribution in [2.75, 3.05) is 6.54 Å². The minimum atomic E-state index is -0.263. The van der Waals surface area contributed by atoms with E-state index < -0.39 is 0 Å². The average Bonchev–Trinajstić information content (AvgIpc) is 2.66. The van der Waals surface area contributed by atoms with Crippen LogP contribution in [0, 0.1) is 26.6 Å². The maximum absolute atomic E-state index is 14.0. The number of hydrogen-bond acceptors (Lipinski definition) is 2. The number of hydrogen-bond donors (Lipinski definition) is 1. The second kappa shape index (κ2) is 6.63. The molecule has 21 heavy (non-hydrogen) atoms. The summed E-state index contributed by atoms with van der Waals surface area (Å²) >= 11 is 5.81. The second-order valence-electron chi connectivity index (χ2n) is 5.30. The average molecular weight is 310 g/mol. The van der Waals surface area contributed by atoms with Crippen LogP contribution in [0.15, 0.2) is 22.6 Å². The van der Waals surface area contributed by atoms with E-state index in [1.54, 1.807) is 12.1 Å². The minimum Gasteiger partial charge on any atom is -0.466 e. The smallest absolute Gasteiger partial charge is 0.127 e. The summed E-state index contributed by atoms with van der Waals surface area (Å²) in [6.45, 7) is 8.81. The molecule has 0 aliphatic carbocycles. The molecule has 0 aliphatic heterocycles. The molecule has 1 heterocycles. The van der Waals surface area contributed by atoms with Crippen LogP contribution >= 0.6 is 11.6 Å². The fraction of sp³-hybridized carbons (Fsp3) is 0.412. The van der Waals surface area contributed by atoms with Gasteiger partial charge in [0, 0.05) is 16.6 Å². The van der Waals surface area contributed by atoms with E-state index >= 15 is 0 Å². The molecular weight excluding hydrogens is 289 g/mol. The molecule has 0 radical (unpaired) electrons. The number of likely N-dealkylation sites (N-methyl/N-ethyl adjacent to an activating group) is 1. The Hall–Kier alpha value is -1.32. The number of rotatable bonds is 5. The highest BCUT2D eigenvalue weighted by Crippen LogP contribution is 2.30. The minimum absolute atomic E-state index is 0.0307. The molecule has 0 fully saturated rings. The van der Waals surface area contributed by atoms with E-state index in [1.165, 1.54) is 6.07 Å². The van der Waals surface area contributed by atoms with Crippen molar-refractivity contribution in [3.8, 4) is 0 Å². The summed E-state index contributed by atoms with van der Waals surface area (Å²) in [7, 11) is 0. The summed E-state index contributed by atoms with van der Waals surface area (Å²) in [5.74, 6) is 1.55. The molecule has 1 atom stereocenters. The Morgan fingerprint density at radius 3 is 2.48 bits per heavy atom. The Morgan fingerprint density at radius 2 is 1.95 bits per heavy atom. The van der Waals surface area contributed by atoms with E-state index in [0.29, 0.717) is 17.0 Å². The quantitative estimate of drug-likeness (QED) is 0.850. The number of halogens is 2. The Balaban J connectivity index is 2.35. The van der Waals surface area contributed by atoms with Gasteiger partial charge in [-0.1, -0.05) is 24.6 Å². The first-order chi connectivity index (χ1) is 9.93. The molecule has 0 spiro atoms. The van der Waals surface area contributed by atoms with E-state index in [2.05, 4.69) is 5.32 Å². The lowest BCUT2D eigenvalue weighted by atomic mass is 9.95. The molecule has 4 heteroatoms. The van der Waals surface area contributed by atoms with Crippen molar-refractivity contribution in [2.24, 2.45) is 0 Å². The van der Waals surface area contributed by atoms with Gasteiger partial charge in [0.25, 0.3) is 0 Å². The molecule has 0 amide bonds. The van der Waals surface area contributed by atoms with Crippen LogP contribution in [-0.2, 0) is 6.42 Å². The van der Waals surface area contributed by atoms with Gasteiger partial charge in [0.2, 0.25) is 0 Å². The van der Waals surface area contributed by atoms with E-state index in [1.807, 2.05) is 27.7 Å². The maximum atomic E-state index is 14.0. The van der Waals surface area contributed by atoms with Crippen LogP contribution in [0.1, 0.15) is 41.2 Å². The second-order valence-corrected chi connectivity index (χ2v) is 5.74. The summed E-state index contributed by atoms with van der Waals surface area (Å²) in [4.78, 5) is 0. The van der Waals surface area contributed by atoms with Gasteiger partial charge in [-0.2, -0.15) is 0 Å². The summed E-state index contributed by atoms with van der Waals surface area (Å²) in [5.41, 5.74) is 2.92. The summed E-state index contributed by atoms with van der Waals surface area (Å²) in [5, 5.41) is 3.84. The molecule has 2 nitrogen and oxygen atoms in total. The monoisotopic (exact) mass is 309 g/mol. The Labute approximate surface area is 130 Å². The number of aryl methyl sites for hydroxylation is 2. The topological polar surface area (TPSA) is 25.2 Å². The van der Waals surface area contributed by atoms with Crippen molar-refractivity contribution in [2.45, 2.75) is 40.2 Å². The molecular formula is C17H21ClFNO. The van der Waals surface area contributed by atoms with Gasteiger partial charge in [0.05, 0.1) is 0 Å². The molecule has 2 aromatic rings. The zero-order chi connectivity index (χ0) is 15.6. The lowest BCUT2D eigenvalue weighted by Crippen LogP contribution is -2.24. The van der Waals surface area contributed by atoms with Crippen LogP contribution in [0.5, 0.6) is 0 Å².